The van der Waals surface area contributed by atoms with Crippen LogP contribution in [-0.4, -0.2) is 5.78 Å². The number of halogens is 2. The third kappa shape index (κ3) is 4.64. The second-order valence-electron chi connectivity index (χ2n) is 6.94. The number of Topliss-reactive ketones (excluding diaryl/α,β-unsaturated/α-hetero) is 1. The minimum absolute atomic E-state index is 0.0327. The van der Waals surface area contributed by atoms with Crippen LogP contribution in [0.3, 0.4) is 0 Å². The van der Waals surface area contributed by atoms with Crippen molar-refractivity contribution in [3.63, 3.8) is 0 Å². The minimum atomic E-state index is -0.300. The number of benzene rings is 4. The second-order valence-corrected chi connectivity index (χ2v) is 7.38. The van der Waals surface area contributed by atoms with Crippen LogP contribution in [-0.2, 0) is 0 Å². The Bertz CT molecular complexity index is 1140. The molecule has 0 bridgehead atoms. The van der Waals surface area contributed by atoms with Crippen molar-refractivity contribution in [2.24, 2.45) is 0 Å². The second kappa shape index (κ2) is 8.46. The number of anilines is 1. The SMILES string of the molecule is O=C(CC(Nc1ccc(F)cc1)c1ccc(Cl)cc1)c1ccc2ccccc2c1. The van der Waals surface area contributed by atoms with Gasteiger partial charge < -0.3 is 5.32 Å². The molecule has 0 spiro atoms. The number of carbonyl (C=O) groups excluding carboxylic acids is 1. The fraction of sp³-hybridized carbons (Fsp3) is 0.0800. The Labute approximate surface area is 174 Å². The summed E-state index contributed by atoms with van der Waals surface area (Å²) in [6.07, 6.45) is 0.261. The zero-order valence-electron chi connectivity index (χ0n) is 15.6. The molecule has 1 unspecified atom stereocenters. The molecule has 0 fully saturated rings. The Balaban J connectivity index is 1.61. The van der Waals surface area contributed by atoms with Gasteiger partial charge in [-0.2, -0.15) is 0 Å². The van der Waals surface area contributed by atoms with Crippen LogP contribution in [0.25, 0.3) is 10.8 Å². The first-order chi connectivity index (χ1) is 14.1. The fourth-order valence-electron chi connectivity index (χ4n) is 3.36. The molecule has 2 nitrogen and oxygen atoms in total. The van der Waals surface area contributed by atoms with E-state index in [0.717, 1.165) is 22.0 Å². The Morgan fingerprint density at radius 2 is 1.55 bits per heavy atom. The molecule has 0 radical (unpaired) electrons. The van der Waals surface area contributed by atoms with Gasteiger partial charge in [-0.15, -0.1) is 0 Å². The average molecular weight is 404 g/mol. The van der Waals surface area contributed by atoms with Crippen LogP contribution < -0.4 is 5.32 Å². The van der Waals surface area contributed by atoms with Crippen LogP contribution in [0, 0.1) is 5.82 Å². The third-order valence-corrected chi connectivity index (χ3v) is 5.17. The largest absolute Gasteiger partial charge is 0.378 e. The van der Waals surface area contributed by atoms with Crippen molar-refractivity contribution in [3.8, 4) is 0 Å². The van der Waals surface area contributed by atoms with Crippen LogP contribution >= 0.6 is 11.6 Å². The molecule has 4 heteroatoms. The highest BCUT2D eigenvalue weighted by atomic mass is 35.5. The van der Waals surface area contributed by atoms with Crippen molar-refractivity contribution < 1.29 is 9.18 Å². The van der Waals surface area contributed by atoms with Crippen LogP contribution in [0.5, 0.6) is 0 Å². The van der Waals surface area contributed by atoms with Crippen LogP contribution in [0.4, 0.5) is 10.1 Å². The molecule has 4 aromatic carbocycles. The summed E-state index contributed by atoms with van der Waals surface area (Å²) in [5.74, 6) is -0.267. The summed E-state index contributed by atoms with van der Waals surface area (Å²) in [6, 6.07) is 27.0. The molecule has 0 aliphatic heterocycles. The van der Waals surface area contributed by atoms with E-state index >= 15 is 0 Å². The predicted molar refractivity (Wildman–Crippen MR) is 117 cm³/mol. The predicted octanol–water partition coefficient (Wildman–Crippen LogP) is 7.06. The van der Waals surface area contributed by atoms with Crippen LogP contribution in [0.2, 0.25) is 5.02 Å². The van der Waals surface area contributed by atoms with Gasteiger partial charge in [-0.1, -0.05) is 60.1 Å². The van der Waals surface area contributed by atoms with Gasteiger partial charge in [-0.25, -0.2) is 4.39 Å². The highest BCUT2D eigenvalue weighted by Crippen LogP contribution is 2.27. The van der Waals surface area contributed by atoms with E-state index in [2.05, 4.69) is 5.32 Å². The smallest absolute Gasteiger partial charge is 0.165 e. The molecule has 0 amide bonds. The summed E-state index contributed by atoms with van der Waals surface area (Å²) in [4.78, 5) is 13.1. The molecule has 0 saturated heterocycles. The van der Waals surface area contributed by atoms with Crippen molar-refractivity contribution in [2.75, 3.05) is 5.32 Å². The average Bonchev–Trinajstić information content (AvgIpc) is 2.75. The molecule has 0 aromatic heterocycles. The van der Waals surface area contributed by atoms with Gasteiger partial charge in [0, 0.05) is 22.7 Å². The summed E-state index contributed by atoms with van der Waals surface area (Å²) in [5.41, 5.74) is 2.36. The molecule has 0 heterocycles. The monoisotopic (exact) mass is 403 g/mol. The van der Waals surface area contributed by atoms with Gasteiger partial charge >= 0.3 is 0 Å². The first kappa shape index (κ1) is 19.2. The van der Waals surface area contributed by atoms with Gasteiger partial charge in [-0.05, 0) is 58.8 Å². The molecule has 144 valence electrons. The summed E-state index contributed by atoms with van der Waals surface area (Å²) in [6.45, 7) is 0. The number of ketones is 1. The summed E-state index contributed by atoms with van der Waals surface area (Å²) in [5, 5.41) is 6.12. The van der Waals surface area contributed by atoms with Gasteiger partial charge in [0.15, 0.2) is 5.78 Å². The number of hydrogen-bond acceptors (Lipinski definition) is 2. The minimum Gasteiger partial charge on any atom is -0.378 e. The van der Waals surface area contributed by atoms with E-state index in [4.69, 9.17) is 11.6 Å². The van der Waals surface area contributed by atoms with Crippen molar-refractivity contribution >= 4 is 33.8 Å². The van der Waals surface area contributed by atoms with E-state index in [-0.39, 0.29) is 24.1 Å². The lowest BCUT2D eigenvalue weighted by atomic mass is 9.96. The molecule has 29 heavy (non-hydrogen) atoms. The first-order valence-corrected chi connectivity index (χ1v) is 9.76. The first-order valence-electron chi connectivity index (χ1n) is 9.38. The Hall–Kier alpha value is -3.17. The van der Waals surface area contributed by atoms with E-state index in [1.807, 2.05) is 54.6 Å². The lowest BCUT2D eigenvalue weighted by Crippen LogP contribution is -2.16. The standard InChI is InChI=1S/C25H19ClFNO/c26-21-9-7-18(8-10-21)24(28-23-13-11-22(27)12-14-23)16-25(29)20-6-5-17-3-1-2-4-19(17)15-20/h1-15,24,28H,16H2. The van der Waals surface area contributed by atoms with Gasteiger partial charge in [-0.3, -0.25) is 4.79 Å². The number of carbonyl (C=O) groups is 1. The van der Waals surface area contributed by atoms with Crippen molar-refractivity contribution in [3.05, 3.63) is 113 Å². The lowest BCUT2D eigenvalue weighted by Gasteiger charge is -2.20. The van der Waals surface area contributed by atoms with E-state index in [9.17, 15) is 9.18 Å². The van der Waals surface area contributed by atoms with Crippen molar-refractivity contribution in [1.82, 2.24) is 0 Å². The van der Waals surface area contributed by atoms with Crippen LogP contribution in [0.1, 0.15) is 28.4 Å². The van der Waals surface area contributed by atoms with Gasteiger partial charge in [0.2, 0.25) is 0 Å². The zero-order valence-corrected chi connectivity index (χ0v) is 16.4. The molecular formula is C25H19ClFNO. The van der Waals surface area contributed by atoms with Crippen molar-refractivity contribution in [1.29, 1.82) is 0 Å². The number of fused-ring (bicyclic) bond motifs is 1. The maximum atomic E-state index is 13.3. The highest BCUT2D eigenvalue weighted by molar-refractivity contribution is 6.30. The molecule has 0 saturated carbocycles. The molecular weight excluding hydrogens is 385 g/mol. The lowest BCUT2D eigenvalue weighted by molar-refractivity contribution is 0.0976. The molecule has 4 aromatic rings. The number of rotatable bonds is 6. The van der Waals surface area contributed by atoms with Gasteiger partial charge in [0.1, 0.15) is 5.82 Å². The summed E-state index contributed by atoms with van der Waals surface area (Å²) in [7, 11) is 0. The fourth-order valence-corrected chi connectivity index (χ4v) is 3.49. The van der Waals surface area contributed by atoms with E-state index < -0.39 is 0 Å². The quantitative estimate of drug-likeness (QED) is 0.349. The van der Waals surface area contributed by atoms with Crippen molar-refractivity contribution in [2.45, 2.75) is 12.5 Å². The number of hydrogen-bond donors (Lipinski definition) is 1. The molecule has 1 N–H and O–H groups in total. The Morgan fingerprint density at radius 1 is 0.862 bits per heavy atom. The highest BCUT2D eigenvalue weighted by Gasteiger charge is 2.18. The molecule has 0 aliphatic carbocycles. The molecule has 4 rings (SSSR count). The Morgan fingerprint density at radius 3 is 2.28 bits per heavy atom. The van der Waals surface area contributed by atoms with Gasteiger partial charge in [0.25, 0.3) is 0 Å². The molecule has 1 atom stereocenters. The number of nitrogens with one attached hydrogen (secondary N) is 1. The topological polar surface area (TPSA) is 29.1 Å². The summed E-state index contributed by atoms with van der Waals surface area (Å²) >= 11 is 6.02. The zero-order chi connectivity index (χ0) is 20.2. The van der Waals surface area contributed by atoms with E-state index in [0.29, 0.717) is 10.6 Å². The van der Waals surface area contributed by atoms with Gasteiger partial charge in [0.05, 0.1) is 6.04 Å². The molecule has 0 aliphatic rings. The Kier molecular flexibility index (Phi) is 5.59. The third-order valence-electron chi connectivity index (χ3n) is 4.92. The summed E-state index contributed by atoms with van der Waals surface area (Å²) < 4.78 is 13.3. The van der Waals surface area contributed by atoms with E-state index in [1.165, 1.54) is 12.1 Å². The maximum Gasteiger partial charge on any atom is 0.165 e. The maximum absolute atomic E-state index is 13.3. The normalized spacial score (nSPS) is 11.9. The van der Waals surface area contributed by atoms with E-state index in [1.54, 1.807) is 24.3 Å². The van der Waals surface area contributed by atoms with Crippen LogP contribution in [0.15, 0.2) is 91.0 Å².